The zero-order valence-electron chi connectivity index (χ0n) is 24.9. The summed E-state index contributed by atoms with van der Waals surface area (Å²) in [5.41, 5.74) is 2.08. The van der Waals surface area contributed by atoms with Crippen molar-refractivity contribution in [2.75, 3.05) is 79.3 Å². The molecule has 0 atom stereocenters. The molecule has 14 heteroatoms. The van der Waals surface area contributed by atoms with Crippen LogP contribution in [0.15, 0.2) is 48.9 Å². The second kappa shape index (κ2) is 13.2. The first-order valence-electron chi connectivity index (χ1n) is 14.1. The number of nitrogens with one attached hydrogen (secondary N) is 2. The van der Waals surface area contributed by atoms with E-state index in [1.54, 1.807) is 36.3 Å². The van der Waals surface area contributed by atoms with E-state index in [0.717, 1.165) is 36.2 Å². The Labute approximate surface area is 258 Å². The summed E-state index contributed by atoms with van der Waals surface area (Å²) in [6, 6.07) is 8.85. The van der Waals surface area contributed by atoms with Gasteiger partial charge in [0.1, 0.15) is 17.4 Å². The molecule has 0 unspecified atom stereocenters. The Morgan fingerprint density at radius 3 is 2.52 bits per heavy atom. The van der Waals surface area contributed by atoms with Crippen molar-refractivity contribution in [3.8, 4) is 0 Å². The van der Waals surface area contributed by atoms with Crippen LogP contribution in [0.5, 0.6) is 0 Å². The van der Waals surface area contributed by atoms with Crippen LogP contribution in [0.25, 0.3) is 11.0 Å². The molecule has 5 rings (SSSR count). The number of nitrogens with zero attached hydrogens (tertiary/aromatic N) is 7. The third kappa shape index (κ3) is 7.30. The number of fused-ring (bicyclic) bond motifs is 1. The van der Waals surface area contributed by atoms with Gasteiger partial charge >= 0.3 is 6.18 Å². The highest BCUT2D eigenvalue weighted by atomic mass is 32.2. The number of thioether (sulfide) groups is 1. The van der Waals surface area contributed by atoms with Gasteiger partial charge in [-0.05, 0) is 56.9 Å². The van der Waals surface area contributed by atoms with Crippen molar-refractivity contribution in [3.63, 3.8) is 0 Å². The second-order valence-electron chi connectivity index (χ2n) is 10.8. The van der Waals surface area contributed by atoms with Crippen molar-refractivity contribution in [1.29, 1.82) is 0 Å². The largest absolute Gasteiger partial charge is 0.418 e. The highest BCUT2D eigenvalue weighted by molar-refractivity contribution is 7.99. The predicted octanol–water partition coefficient (Wildman–Crippen LogP) is 5.29. The smallest absolute Gasteiger partial charge is 0.373 e. The SMILES string of the molecule is Cc1ccc(C(=O)Nc2ccc(N(C)CCN(C)C)c(C(F)(F)F)c2)cc1Nc1ncnc2cnc(N3CCSCC3)nc12. The average Bonchev–Trinajstić information content (AvgIpc) is 3.00. The molecular formula is C30H34F3N9OS. The molecule has 0 aliphatic carbocycles. The van der Waals surface area contributed by atoms with E-state index in [1.165, 1.54) is 18.5 Å². The van der Waals surface area contributed by atoms with Crippen molar-refractivity contribution in [2.24, 2.45) is 0 Å². The molecule has 1 saturated heterocycles. The van der Waals surface area contributed by atoms with E-state index in [4.69, 9.17) is 4.98 Å². The molecule has 0 radical (unpaired) electrons. The van der Waals surface area contributed by atoms with Crippen LogP contribution >= 0.6 is 11.8 Å². The lowest BCUT2D eigenvalue weighted by Crippen LogP contribution is -2.33. The maximum absolute atomic E-state index is 14.0. The molecule has 232 valence electrons. The second-order valence-corrected chi connectivity index (χ2v) is 12.0. The van der Waals surface area contributed by atoms with Gasteiger partial charge in [0.25, 0.3) is 5.91 Å². The van der Waals surface area contributed by atoms with Crippen LogP contribution < -0.4 is 20.4 Å². The molecule has 1 fully saturated rings. The number of carbonyl (C=O) groups is 1. The van der Waals surface area contributed by atoms with Gasteiger partial charge < -0.3 is 25.3 Å². The van der Waals surface area contributed by atoms with E-state index in [-0.39, 0.29) is 16.9 Å². The summed E-state index contributed by atoms with van der Waals surface area (Å²) in [6.45, 7) is 4.58. The lowest BCUT2D eigenvalue weighted by molar-refractivity contribution is -0.137. The zero-order valence-corrected chi connectivity index (χ0v) is 25.8. The van der Waals surface area contributed by atoms with Gasteiger partial charge in [0.15, 0.2) is 5.82 Å². The van der Waals surface area contributed by atoms with E-state index in [0.29, 0.717) is 41.6 Å². The maximum atomic E-state index is 14.0. The summed E-state index contributed by atoms with van der Waals surface area (Å²) in [5, 5.41) is 5.90. The molecule has 1 amide bonds. The van der Waals surface area contributed by atoms with Crippen LogP contribution in [0.3, 0.4) is 0 Å². The number of hydrogen-bond acceptors (Lipinski definition) is 10. The van der Waals surface area contributed by atoms with Crippen LogP contribution in [0.1, 0.15) is 21.5 Å². The molecule has 1 aliphatic rings. The average molecular weight is 626 g/mol. The van der Waals surface area contributed by atoms with Gasteiger partial charge in [-0.2, -0.15) is 24.9 Å². The normalized spacial score (nSPS) is 13.8. The molecular weight excluding hydrogens is 591 g/mol. The van der Waals surface area contributed by atoms with Crippen molar-refractivity contribution in [3.05, 3.63) is 65.6 Å². The molecule has 0 spiro atoms. The highest BCUT2D eigenvalue weighted by Gasteiger charge is 2.35. The Hall–Kier alpha value is -4.17. The number of amides is 1. The molecule has 10 nitrogen and oxygen atoms in total. The van der Waals surface area contributed by atoms with Crippen LogP contribution in [-0.4, -0.2) is 89.6 Å². The number of aryl methyl sites for hydroxylation is 1. The fourth-order valence-corrected chi connectivity index (χ4v) is 5.63. The van der Waals surface area contributed by atoms with Gasteiger partial charge in [-0.25, -0.2) is 19.9 Å². The van der Waals surface area contributed by atoms with Crippen molar-refractivity contribution < 1.29 is 18.0 Å². The van der Waals surface area contributed by atoms with Crippen LogP contribution in [0.2, 0.25) is 0 Å². The number of hydrogen-bond donors (Lipinski definition) is 2. The Balaban J connectivity index is 1.38. The third-order valence-electron chi connectivity index (χ3n) is 7.27. The summed E-state index contributed by atoms with van der Waals surface area (Å²) in [5.74, 6) is 2.51. The summed E-state index contributed by atoms with van der Waals surface area (Å²) < 4.78 is 42.0. The molecule has 44 heavy (non-hydrogen) atoms. The third-order valence-corrected chi connectivity index (χ3v) is 8.21. The van der Waals surface area contributed by atoms with Gasteiger partial charge in [-0.1, -0.05) is 6.07 Å². The quantitative estimate of drug-likeness (QED) is 0.255. The molecule has 2 aromatic heterocycles. The first-order valence-corrected chi connectivity index (χ1v) is 15.2. The van der Waals surface area contributed by atoms with E-state index in [1.807, 2.05) is 37.7 Å². The number of halogens is 3. The summed E-state index contributed by atoms with van der Waals surface area (Å²) in [4.78, 5) is 36.7. The summed E-state index contributed by atoms with van der Waals surface area (Å²) in [6.07, 6.45) is -1.51. The van der Waals surface area contributed by atoms with Gasteiger partial charge in [-0.15, -0.1) is 0 Å². The topological polar surface area (TPSA) is 102 Å². The minimum absolute atomic E-state index is 0.0439. The molecule has 1 aliphatic heterocycles. The number of rotatable bonds is 9. The lowest BCUT2D eigenvalue weighted by atomic mass is 10.1. The van der Waals surface area contributed by atoms with Gasteiger partial charge in [-0.3, -0.25) is 4.79 Å². The first-order chi connectivity index (χ1) is 21.0. The molecule has 2 N–H and O–H groups in total. The van der Waals surface area contributed by atoms with Crippen molar-refractivity contribution >= 4 is 57.5 Å². The number of carbonyl (C=O) groups excluding carboxylic acids is 1. The summed E-state index contributed by atoms with van der Waals surface area (Å²) in [7, 11) is 5.34. The number of likely N-dealkylation sites (N-methyl/N-ethyl adjacent to an activating group) is 2. The Morgan fingerprint density at radius 1 is 1.02 bits per heavy atom. The van der Waals surface area contributed by atoms with Gasteiger partial charge in [0.05, 0.1) is 11.8 Å². The molecule has 2 aromatic carbocycles. The Kier molecular flexibility index (Phi) is 9.39. The number of alkyl halides is 3. The van der Waals surface area contributed by atoms with E-state index >= 15 is 0 Å². The van der Waals surface area contributed by atoms with E-state index in [2.05, 4.69) is 30.5 Å². The number of aromatic nitrogens is 4. The monoisotopic (exact) mass is 625 g/mol. The number of anilines is 5. The first kappa shape index (κ1) is 31.3. The maximum Gasteiger partial charge on any atom is 0.418 e. The van der Waals surface area contributed by atoms with Crippen LogP contribution in [-0.2, 0) is 6.18 Å². The Morgan fingerprint density at radius 2 is 1.80 bits per heavy atom. The van der Waals surface area contributed by atoms with Gasteiger partial charge in [0, 0.05) is 67.4 Å². The van der Waals surface area contributed by atoms with Crippen LogP contribution in [0.4, 0.5) is 42.0 Å². The van der Waals surface area contributed by atoms with Crippen LogP contribution in [0, 0.1) is 6.92 Å². The molecule has 0 bridgehead atoms. The minimum Gasteiger partial charge on any atom is -0.373 e. The van der Waals surface area contributed by atoms with Crippen molar-refractivity contribution in [1.82, 2.24) is 24.8 Å². The standard InChI is InChI=1S/C30H34F3N9OS/c1-19-5-6-20(28(43)37-21-7-8-25(22(16-21)30(31,32)33)41(4)10-9-40(2)3)15-23(19)38-27-26-24(35-18-36-27)17-34-29(39-26)42-11-13-44-14-12-42/h5-8,15-18H,9-14H2,1-4H3,(H,37,43)(H,35,36,38). The highest BCUT2D eigenvalue weighted by Crippen LogP contribution is 2.38. The van der Waals surface area contributed by atoms with E-state index in [9.17, 15) is 18.0 Å². The molecule has 4 aromatic rings. The van der Waals surface area contributed by atoms with Gasteiger partial charge in [0.2, 0.25) is 5.95 Å². The van der Waals surface area contributed by atoms with Crippen molar-refractivity contribution in [2.45, 2.75) is 13.1 Å². The molecule has 3 heterocycles. The number of benzene rings is 2. The predicted molar refractivity (Wildman–Crippen MR) is 170 cm³/mol. The fraction of sp³-hybridized carbons (Fsp3) is 0.367. The lowest BCUT2D eigenvalue weighted by Gasteiger charge is -2.26. The molecule has 0 saturated carbocycles. The zero-order chi connectivity index (χ0) is 31.4. The summed E-state index contributed by atoms with van der Waals surface area (Å²) >= 11 is 1.89. The van der Waals surface area contributed by atoms with E-state index < -0.39 is 17.6 Å². The Bertz CT molecular complexity index is 1640. The fourth-order valence-electron chi connectivity index (χ4n) is 4.72. The minimum atomic E-state index is -4.60.